The third-order valence-electron chi connectivity index (χ3n) is 5.00. The number of carbonyl (C=O) groups excluding carboxylic acids is 1. The summed E-state index contributed by atoms with van der Waals surface area (Å²) in [4.78, 5) is 19.0. The van der Waals surface area contributed by atoms with Crippen LogP contribution in [0.1, 0.15) is 41.9 Å². The van der Waals surface area contributed by atoms with Gasteiger partial charge >= 0.3 is 0 Å². The molecule has 1 saturated heterocycles. The Morgan fingerprint density at radius 3 is 2.92 bits per heavy atom. The van der Waals surface area contributed by atoms with Crippen molar-refractivity contribution in [3.05, 3.63) is 28.7 Å². The first-order valence-electron chi connectivity index (χ1n) is 8.70. The van der Waals surface area contributed by atoms with Gasteiger partial charge in [-0.15, -0.1) is 0 Å². The van der Waals surface area contributed by atoms with Crippen LogP contribution in [0.3, 0.4) is 0 Å². The first kappa shape index (κ1) is 16.9. The zero-order chi connectivity index (χ0) is 17.3. The summed E-state index contributed by atoms with van der Waals surface area (Å²) in [6, 6.07) is 1.97. The molecule has 0 bridgehead atoms. The highest BCUT2D eigenvalue weighted by molar-refractivity contribution is 5.76. The van der Waals surface area contributed by atoms with Crippen molar-refractivity contribution in [1.29, 1.82) is 0 Å². The Morgan fingerprint density at radius 1 is 1.38 bits per heavy atom. The van der Waals surface area contributed by atoms with Crippen LogP contribution in [0.15, 0.2) is 6.07 Å². The number of nitrogens with zero attached hydrogens (tertiary/aromatic N) is 4. The Morgan fingerprint density at radius 2 is 2.17 bits per heavy atom. The van der Waals surface area contributed by atoms with E-state index in [9.17, 15) is 9.90 Å². The lowest BCUT2D eigenvalue weighted by atomic mass is 9.98. The first-order valence-corrected chi connectivity index (χ1v) is 8.70. The smallest absolute Gasteiger partial charge is 0.222 e. The van der Waals surface area contributed by atoms with Gasteiger partial charge in [-0.3, -0.25) is 4.79 Å². The van der Waals surface area contributed by atoms with E-state index in [0.717, 1.165) is 47.7 Å². The van der Waals surface area contributed by atoms with E-state index in [2.05, 4.69) is 10.1 Å². The molecule has 0 radical (unpaired) electrons. The average Bonchev–Trinajstić information content (AvgIpc) is 2.95. The monoisotopic (exact) mass is 330 g/mol. The number of amides is 1. The molecule has 2 aromatic rings. The summed E-state index contributed by atoms with van der Waals surface area (Å²) in [7, 11) is 0. The van der Waals surface area contributed by atoms with E-state index in [1.165, 1.54) is 0 Å². The Labute approximate surface area is 142 Å². The molecule has 3 heterocycles. The van der Waals surface area contributed by atoms with Crippen LogP contribution >= 0.6 is 0 Å². The second-order valence-electron chi connectivity index (χ2n) is 6.85. The molecule has 3 rings (SSSR count). The van der Waals surface area contributed by atoms with E-state index < -0.39 is 0 Å². The van der Waals surface area contributed by atoms with E-state index >= 15 is 0 Å². The molecule has 1 N–H and O–H groups in total. The number of carbonyl (C=O) groups is 1. The zero-order valence-corrected chi connectivity index (χ0v) is 14.7. The van der Waals surface area contributed by atoms with Crippen molar-refractivity contribution in [2.24, 2.45) is 5.92 Å². The van der Waals surface area contributed by atoms with Gasteiger partial charge in [0.2, 0.25) is 5.91 Å². The van der Waals surface area contributed by atoms with Gasteiger partial charge in [0.25, 0.3) is 0 Å². The fraction of sp³-hybridized carbons (Fsp3) is 0.611. The molecule has 0 saturated carbocycles. The quantitative estimate of drug-likeness (QED) is 0.928. The minimum absolute atomic E-state index is 0.168. The van der Waals surface area contributed by atoms with Gasteiger partial charge in [-0.1, -0.05) is 0 Å². The molecule has 1 aliphatic rings. The first-order chi connectivity index (χ1) is 11.5. The molecule has 1 fully saturated rings. The number of hydrogen-bond acceptors (Lipinski definition) is 4. The normalized spacial score (nSPS) is 18.3. The highest BCUT2D eigenvalue weighted by Gasteiger charge is 2.23. The largest absolute Gasteiger partial charge is 0.396 e. The molecular formula is C18H26N4O2. The van der Waals surface area contributed by atoms with Crippen molar-refractivity contribution in [1.82, 2.24) is 19.5 Å². The van der Waals surface area contributed by atoms with Crippen molar-refractivity contribution in [2.45, 2.75) is 46.5 Å². The predicted molar refractivity (Wildman–Crippen MR) is 91.9 cm³/mol. The summed E-state index contributed by atoms with van der Waals surface area (Å²) >= 11 is 0. The third-order valence-corrected chi connectivity index (χ3v) is 5.00. The topological polar surface area (TPSA) is 70.7 Å². The van der Waals surface area contributed by atoms with Crippen LogP contribution in [0.5, 0.6) is 0 Å². The summed E-state index contributed by atoms with van der Waals surface area (Å²) < 4.78 is 1.87. The minimum atomic E-state index is 0.168. The summed E-state index contributed by atoms with van der Waals surface area (Å²) in [6.07, 6.45) is 3.15. The van der Waals surface area contributed by atoms with Gasteiger partial charge in [0, 0.05) is 43.6 Å². The SMILES string of the molecule is Cc1cc2nc(C)c(CCC(=O)N3CCCC(CO)C3)c(C)n2n1. The molecule has 0 spiro atoms. The lowest BCUT2D eigenvalue weighted by molar-refractivity contribution is -0.133. The molecular weight excluding hydrogens is 304 g/mol. The number of aromatic nitrogens is 3. The van der Waals surface area contributed by atoms with Crippen molar-refractivity contribution in [3.8, 4) is 0 Å². The number of rotatable bonds is 4. The maximum Gasteiger partial charge on any atom is 0.222 e. The summed E-state index contributed by atoms with van der Waals surface area (Å²) in [5.74, 6) is 0.403. The van der Waals surface area contributed by atoms with Gasteiger partial charge < -0.3 is 10.0 Å². The molecule has 6 nitrogen and oxygen atoms in total. The number of fused-ring (bicyclic) bond motifs is 1. The summed E-state index contributed by atoms with van der Waals surface area (Å²) in [5, 5.41) is 13.8. The number of aryl methyl sites for hydroxylation is 3. The van der Waals surface area contributed by atoms with Gasteiger partial charge in [0.15, 0.2) is 5.65 Å². The molecule has 24 heavy (non-hydrogen) atoms. The maximum atomic E-state index is 12.5. The van der Waals surface area contributed by atoms with E-state index in [0.29, 0.717) is 19.4 Å². The molecule has 2 aromatic heterocycles. The van der Waals surface area contributed by atoms with Gasteiger partial charge in [-0.05, 0) is 51.5 Å². The number of likely N-dealkylation sites (tertiary alicyclic amines) is 1. The molecule has 1 unspecified atom stereocenters. The van der Waals surface area contributed by atoms with Crippen molar-refractivity contribution in [2.75, 3.05) is 19.7 Å². The molecule has 0 aromatic carbocycles. The van der Waals surface area contributed by atoms with Gasteiger partial charge in [0.05, 0.1) is 5.69 Å². The molecule has 1 aliphatic heterocycles. The van der Waals surface area contributed by atoms with E-state index in [-0.39, 0.29) is 18.4 Å². The fourth-order valence-electron chi connectivity index (χ4n) is 3.63. The van der Waals surface area contributed by atoms with Crippen molar-refractivity contribution in [3.63, 3.8) is 0 Å². The summed E-state index contributed by atoms with van der Waals surface area (Å²) in [6.45, 7) is 7.65. The van der Waals surface area contributed by atoms with Crippen LogP contribution in [-0.2, 0) is 11.2 Å². The third kappa shape index (κ3) is 3.29. The molecule has 1 atom stereocenters. The van der Waals surface area contributed by atoms with Crippen LogP contribution < -0.4 is 0 Å². The van der Waals surface area contributed by atoms with Gasteiger partial charge in [-0.2, -0.15) is 5.10 Å². The number of piperidine rings is 1. The Hall–Kier alpha value is -1.95. The second-order valence-corrected chi connectivity index (χ2v) is 6.85. The van der Waals surface area contributed by atoms with Crippen LogP contribution in [0.25, 0.3) is 5.65 Å². The van der Waals surface area contributed by atoms with E-state index in [1.807, 2.05) is 36.3 Å². The highest BCUT2D eigenvalue weighted by Crippen LogP contribution is 2.20. The Kier molecular flexibility index (Phi) is 4.85. The lowest BCUT2D eigenvalue weighted by Gasteiger charge is -2.32. The van der Waals surface area contributed by atoms with Crippen LogP contribution in [-0.4, -0.2) is 50.2 Å². The molecule has 6 heteroatoms. The predicted octanol–water partition coefficient (Wildman–Crippen LogP) is 1.82. The van der Waals surface area contributed by atoms with E-state index in [4.69, 9.17) is 0 Å². The van der Waals surface area contributed by atoms with Crippen LogP contribution in [0.2, 0.25) is 0 Å². The highest BCUT2D eigenvalue weighted by atomic mass is 16.3. The van der Waals surface area contributed by atoms with Crippen LogP contribution in [0, 0.1) is 26.7 Å². The van der Waals surface area contributed by atoms with Gasteiger partial charge in [-0.25, -0.2) is 9.50 Å². The lowest BCUT2D eigenvalue weighted by Crippen LogP contribution is -2.41. The van der Waals surface area contributed by atoms with E-state index in [1.54, 1.807) is 0 Å². The fourth-order valence-corrected chi connectivity index (χ4v) is 3.63. The standard InChI is InChI=1S/C18H26N4O2/c1-12-9-17-19-13(2)16(14(3)22(17)20-12)6-7-18(24)21-8-4-5-15(10-21)11-23/h9,15,23H,4-8,10-11H2,1-3H3. The zero-order valence-electron chi connectivity index (χ0n) is 14.7. The maximum absolute atomic E-state index is 12.5. The molecule has 1 amide bonds. The van der Waals surface area contributed by atoms with Gasteiger partial charge in [0.1, 0.15) is 0 Å². The summed E-state index contributed by atoms with van der Waals surface area (Å²) in [5.41, 5.74) is 4.94. The minimum Gasteiger partial charge on any atom is -0.396 e. The average molecular weight is 330 g/mol. The molecule has 0 aliphatic carbocycles. The second kappa shape index (κ2) is 6.89. The Balaban J connectivity index is 1.72. The molecule has 130 valence electrons. The van der Waals surface area contributed by atoms with Crippen molar-refractivity contribution >= 4 is 11.6 Å². The number of hydrogen-bond donors (Lipinski definition) is 1. The number of aliphatic hydroxyl groups is 1. The van der Waals surface area contributed by atoms with Crippen LogP contribution in [0.4, 0.5) is 0 Å². The number of aliphatic hydroxyl groups excluding tert-OH is 1. The Bertz CT molecular complexity index is 753. The van der Waals surface area contributed by atoms with Crippen molar-refractivity contribution < 1.29 is 9.90 Å².